The van der Waals surface area contributed by atoms with Gasteiger partial charge in [0.15, 0.2) is 0 Å². The molecule has 0 aliphatic carbocycles. The van der Waals surface area contributed by atoms with Crippen LogP contribution in [0.1, 0.15) is 17.0 Å². The SMILES string of the molecule is Clc1ccc(Cn2ccnc2Cc2ccc(Br)cc2)cc1Cl. The van der Waals surface area contributed by atoms with E-state index < -0.39 is 0 Å². The Morgan fingerprint density at radius 3 is 2.41 bits per heavy atom. The summed E-state index contributed by atoms with van der Waals surface area (Å²) < 4.78 is 3.21. The molecule has 0 radical (unpaired) electrons. The summed E-state index contributed by atoms with van der Waals surface area (Å²) in [5.41, 5.74) is 2.33. The first-order chi connectivity index (χ1) is 10.6. The maximum Gasteiger partial charge on any atom is 0.113 e. The molecule has 3 rings (SSSR count). The van der Waals surface area contributed by atoms with Gasteiger partial charge in [0.25, 0.3) is 0 Å². The van der Waals surface area contributed by atoms with Crippen LogP contribution in [-0.4, -0.2) is 9.55 Å². The first-order valence-corrected chi connectivity index (χ1v) is 8.35. The van der Waals surface area contributed by atoms with Crippen molar-refractivity contribution in [3.05, 3.63) is 86.3 Å². The van der Waals surface area contributed by atoms with Crippen LogP contribution in [-0.2, 0) is 13.0 Å². The minimum Gasteiger partial charge on any atom is -0.330 e. The molecule has 0 fully saturated rings. The third kappa shape index (κ3) is 3.72. The third-order valence-electron chi connectivity index (χ3n) is 3.41. The molecule has 112 valence electrons. The van der Waals surface area contributed by atoms with Crippen molar-refractivity contribution >= 4 is 39.1 Å². The molecule has 0 N–H and O–H groups in total. The smallest absolute Gasteiger partial charge is 0.113 e. The number of aromatic nitrogens is 2. The minimum absolute atomic E-state index is 0.575. The largest absolute Gasteiger partial charge is 0.330 e. The Kier molecular flexibility index (Phi) is 4.87. The van der Waals surface area contributed by atoms with Gasteiger partial charge in [0, 0.05) is 29.8 Å². The van der Waals surface area contributed by atoms with Crippen molar-refractivity contribution in [3.63, 3.8) is 0 Å². The zero-order chi connectivity index (χ0) is 15.5. The predicted molar refractivity (Wildman–Crippen MR) is 94.7 cm³/mol. The van der Waals surface area contributed by atoms with Crippen LogP contribution in [0, 0.1) is 0 Å². The number of halogens is 3. The van der Waals surface area contributed by atoms with Gasteiger partial charge in [-0.1, -0.05) is 57.3 Å². The van der Waals surface area contributed by atoms with E-state index in [9.17, 15) is 0 Å². The zero-order valence-electron chi connectivity index (χ0n) is 11.6. The molecular weight excluding hydrogens is 383 g/mol. The summed E-state index contributed by atoms with van der Waals surface area (Å²) in [6.07, 6.45) is 4.60. The minimum atomic E-state index is 0.575. The Bertz CT molecular complexity index is 782. The molecule has 2 nitrogen and oxygen atoms in total. The highest BCUT2D eigenvalue weighted by Gasteiger charge is 2.06. The standard InChI is InChI=1S/C17H13BrCl2N2/c18-14-4-1-12(2-5-14)10-17-21-7-8-22(17)11-13-3-6-15(19)16(20)9-13/h1-9H,10-11H2. The summed E-state index contributed by atoms with van der Waals surface area (Å²) in [5, 5.41) is 1.15. The molecule has 0 saturated carbocycles. The molecule has 0 aliphatic heterocycles. The van der Waals surface area contributed by atoms with E-state index >= 15 is 0 Å². The molecule has 1 heterocycles. The Labute approximate surface area is 147 Å². The summed E-state index contributed by atoms with van der Waals surface area (Å²) in [6, 6.07) is 14.0. The highest BCUT2D eigenvalue weighted by molar-refractivity contribution is 9.10. The number of imidazole rings is 1. The van der Waals surface area contributed by atoms with Crippen molar-refractivity contribution in [1.82, 2.24) is 9.55 Å². The second-order valence-corrected chi connectivity index (χ2v) is 6.75. The van der Waals surface area contributed by atoms with E-state index in [1.165, 1.54) is 5.56 Å². The van der Waals surface area contributed by atoms with E-state index in [4.69, 9.17) is 23.2 Å². The van der Waals surface area contributed by atoms with Crippen molar-refractivity contribution in [2.24, 2.45) is 0 Å². The van der Waals surface area contributed by atoms with E-state index in [-0.39, 0.29) is 0 Å². The predicted octanol–water partition coefficient (Wildman–Crippen LogP) is 5.59. The second kappa shape index (κ2) is 6.86. The summed E-state index contributed by atoms with van der Waals surface area (Å²) in [5.74, 6) is 1.02. The summed E-state index contributed by atoms with van der Waals surface area (Å²) >= 11 is 15.5. The fourth-order valence-electron chi connectivity index (χ4n) is 2.27. The lowest BCUT2D eigenvalue weighted by Gasteiger charge is -2.09. The van der Waals surface area contributed by atoms with E-state index in [1.807, 2.05) is 42.7 Å². The molecule has 0 aliphatic rings. The van der Waals surface area contributed by atoms with Gasteiger partial charge in [-0.15, -0.1) is 0 Å². The molecule has 2 aromatic carbocycles. The van der Waals surface area contributed by atoms with Gasteiger partial charge in [-0.25, -0.2) is 4.98 Å². The van der Waals surface area contributed by atoms with Crippen molar-refractivity contribution in [3.8, 4) is 0 Å². The highest BCUT2D eigenvalue weighted by Crippen LogP contribution is 2.23. The van der Waals surface area contributed by atoms with E-state index in [0.717, 1.165) is 28.8 Å². The monoisotopic (exact) mass is 394 g/mol. The molecule has 1 aromatic heterocycles. The Morgan fingerprint density at radius 1 is 0.955 bits per heavy atom. The lowest BCUT2D eigenvalue weighted by atomic mass is 10.1. The Morgan fingerprint density at radius 2 is 1.68 bits per heavy atom. The molecule has 0 bridgehead atoms. The van der Waals surface area contributed by atoms with Gasteiger partial charge in [-0.2, -0.15) is 0 Å². The molecule has 0 amide bonds. The molecule has 0 atom stereocenters. The van der Waals surface area contributed by atoms with Crippen LogP contribution in [0.15, 0.2) is 59.3 Å². The molecule has 0 unspecified atom stereocenters. The fourth-order valence-corrected chi connectivity index (χ4v) is 2.86. The Balaban J connectivity index is 1.79. The average molecular weight is 396 g/mol. The van der Waals surface area contributed by atoms with Gasteiger partial charge in [-0.3, -0.25) is 0 Å². The molecule has 0 saturated heterocycles. The molecule has 22 heavy (non-hydrogen) atoms. The van der Waals surface area contributed by atoms with Gasteiger partial charge in [0.05, 0.1) is 10.0 Å². The van der Waals surface area contributed by atoms with Crippen LogP contribution >= 0.6 is 39.1 Å². The van der Waals surface area contributed by atoms with Gasteiger partial charge >= 0.3 is 0 Å². The number of benzene rings is 2. The van der Waals surface area contributed by atoms with Gasteiger partial charge in [-0.05, 0) is 35.4 Å². The van der Waals surface area contributed by atoms with Crippen LogP contribution in [0.4, 0.5) is 0 Å². The van der Waals surface area contributed by atoms with Crippen LogP contribution in [0.5, 0.6) is 0 Å². The summed E-state index contributed by atoms with van der Waals surface area (Å²) in [6.45, 7) is 0.725. The highest BCUT2D eigenvalue weighted by atomic mass is 79.9. The molecular formula is C17H13BrCl2N2. The van der Waals surface area contributed by atoms with Gasteiger partial charge in [0.1, 0.15) is 5.82 Å². The normalized spacial score (nSPS) is 10.9. The molecule has 5 heteroatoms. The molecule has 0 spiro atoms. The third-order valence-corrected chi connectivity index (χ3v) is 4.68. The van der Waals surface area contributed by atoms with Crippen LogP contribution in [0.25, 0.3) is 0 Å². The summed E-state index contributed by atoms with van der Waals surface area (Å²) in [7, 11) is 0. The zero-order valence-corrected chi connectivity index (χ0v) is 14.7. The van der Waals surface area contributed by atoms with Gasteiger partial charge in [0.2, 0.25) is 0 Å². The lowest BCUT2D eigenvalue weighted by Crippen LogP contribution is -2.05. The van der Waals surface area contributed by atoms with Gasteiger partial charge < -0.3 is 4.57 Å². The summed E-state index contributed by atoms with van der Waals surface area (Å²) in [4.78, 5) is 4.46. The fraction of sp³-hybridized carbons (Fsp3) is 0.118. The van der Waals surface area contributed by atoms with E-state index in [2.05, 4.69) is 37.6 Å². The Hall–Kier alpha value is -1.29. The second-order valence-electron chi connectivity index (χ2n) is 5.02. The van der Waals surface area contributed by atoms with Crippen LogP contribution in [0.3, 0.4) is 0 Å². The van der Waals surface area contributed by atoms with Crippen molar-refractivity contribution < 1.29 is 0 Å². The lowest BCUT2D eigenvalue weighted by molar-refractivity contribution is 0.740. The topological polar surface area (TPSA) is 17.8 Å². The maximum absolute atomic E-state index is 6.08. The van der Waals surface area contributed by atoms with E-state index in [1.54, 1.807) is 0 Å². The average Bonchev–Trinajstić information content (AvgIpc) is 2.92. The van der Waals surface area contributed by atoms with Crippen molar-refractivity contribution in [2.75, 3.05) is 0 Å². The van der Waals surface area contributed by atoms with E-state index in [0.29, 0.717) is 10.0 Å². The van der Waals surface area contributed by atoms with Crippen molar-refractivity contribution in [1.29, 1.82) is 0 Å². The first kappa shape index (κ1) is 15.6. The maximum atomic E-state index is 6.08. The quantitative estimate of drug-likeness (QED) is 0.562. The number of hydrogen-bond acceptors (Lipinski definition) is 1. The number of nitrogens with zero attached hydrogens (tertiary/aromatic N) is 2. The molecule has 3 aromatic rings. The van der Waals surface area contributed by atoms with Crippen LogP contribution in [0.2, 0.25) is 10.0 Å². The first-order valence-electron chi connectivity index (χ1n) is 6.80. The number of hydrogen-bond donors (Lipinski definition) is 0. The number of rotatable bonds is 4. The van der Waals surface area contributed by atoms with Crippen molar-refractivity contribution in [2.45, 2.75) is 13.0 Å². The van der Waals surface area contributed by atoms with Crippen LogP contribution < -0.4 is 0 Å².